The highest BCUT2D eigenvalue weighted by Gasteiger charge is 2.22. The van der Waals surface area contributed by atoms with Gasteiger partial charge in [-0.15, -0.1) is 0 Å². The SMILES string of the molecule is [2H]C([2H])([2H])Oc1ccc(C#Cc2ccc(C(=O)N3CCC[C@@H](O)C3)cc2)cc1. The van der Waals surface area contributed by atoms with Gasteiger partial charge in [-0.05, 0) is 61.4 Å². The van der Waals surface area contributed by atoms with Gasteiger partial charge in [0.25, 0.3) is 5.91 Å². The molecule has 1 amide bonds. The summed E-state index contributed by atoms with van der Waals surface area (Å²) in [4.78, 5) is 14.2. The average molecular weight is 338 g/mol. The quantitative estimate of drug-likeness (QED) is 0.857. The van der Waals surface area contributed by atoms with Crippen LogP contribution in [0.1, 0.15) is 38.4 Å². The van der Waals surface area contributed by atoms with Crippen molar-refractivity contribution in [1.29, 1.82) is 0 Å². The molecule has 0 aliphatic carbocycles. The van der Waals surface area contributed by atoms with Crippen molar-refractivity contribution in [2.75, 3.05) is 20.1 Å². The van der Waals surface area contributed by atoms with Gasteiger partial charge in [-0.3, -0.25) is 4.79 Å². The Morgan fingerprint density at radius 1 is 1.16 bits per heavy atom. The first-order chi connectivity index (χ1) is 13.3. The van der Waals surface area contributed by atoms with Gasteiger partial charge in [0.15, 0.2) is 0 Å². The molecule has 0 aromatic heterocycles. The Kier molecular flexibility index (Phi) is 4.25. The van der Waals surface area contributed by atoms with E-state index in [0.29, 0.717) is 18.7 Å². The zero-order valence-electron chi connectivity index (χ0n) is 16.7. The number of benzene rings is 2. The van der Waals surface area contributed by atoms with E-state index in [1.165, 1.54) is 0 Å². The molecule has 0 saturated carbocycles. The minimum atomic E-state index is -2.47. The number of hydrogen-bond acceptors (Lipinski definition) is 3. The van der Waals surface area contributed by atoms with Crippen LogP contribution in [-0.4, -0.2) is 42.1 Å². The lowest BCUT2D eigenvalue weighted by atomic mass is 10.1. The van der Waals surface area contributed by atoms with Gasteiger partial charge in [-0.2, -0.15) is 0 Å². The molecule has 0 bridgehead atoms. The van der Waals surface area contributed by atoms with Crippen molar-refractivity contribution >= 4 is 5.91 Å². The molecule has 1 fully saturated rings. The molecule has 128 valence electrons. The lowest BCUT2D eigenvalue weighted by molar-refractivity contribution is 0.0474. The number of carbonyl (C=O) groups excluding carboxylic acids is 1. The molecule has 1 aliphatic rings. The summed E-state index contributed by atoms with van der Waals surface area (Å²) in [6.45, 7) is 1.04. The van der Waals surface area contributed by atoms with Crippen LogP contribution in [0.4, 0.5) is 0 Å². The number of amides is 1. The van der Waals surface area contributed by atoms with Crippen molar-refractivity contribution in [2.24, 2.45) is 0 Å². The van der Waals surface area contributed by atoms with Crippen LogP contribution in [0, 0.1) is 11.8 Å². The Morgan fingerprint density at radius 2 is 1.80 bits per heavy atom. The van der Waals surface area contributed by atoms with Gasteiger partial charge in [0.1, 0.15) is 5.75 Å². The van der Waals surface area contributed by atoms with Gasteiger partial charge < -0.3 is 14.7 Å². The van der Waals surface area contributed by atoms with E-state index in [4.69, 9.17) is 8.85 Å². The lowest BCUT2D eigenvalue weighted by Gasteiger charge is -2.30. The molecule has 2 aromatic rings. The summed E-state index contributed by atoms with van der Waals surface area (Å²) in [6, 6.07) is 13.5. The summed E-state index contributed by atoms with van der Waals surface area (Å²) in [5, 5.41) is 9.72. The van der Waals surface area contributed by atoms with Gasteiger partial charge in [0, 0.05) is 29.8 Å². The first kappa shape index (κ1) is 13.5. The zero-order chi connectivity index (χ0) is 20.1. The van der Waals surface area contributed by atoms with Crippen LogP contribution in [0.25, 0.3) is 0 Å². The van der Waals surface area contributed by atoms with E-state index in [0.717, 1.165) is 24.0 Å². The third-order valence-electron chi connectivity index (χ3n) is 4.14. The highest BCUT2D eigenvalue weighted by Crippen LogP contribution is 2.14. The van der Waals surface area contributed by atoms with E-state index in [2.05, 4.69) is 11.8 Å². The van der Waals surface area contributed by atoms with Gasteiger partial charge in [-0.1, -0.05) is 11.8 Å². The third kappa shape index (κ3) is 4.40. The smallest absolute Gasteiger partial charge is 0.253 e. The number of methoxy groups -OCH3 is 1. The van der Waals surface area contributed by atoms with Crippen molar-refractivity contribution in [2.45, 2.75) is 18.9 Å². The third-order valence-corrected chi connectivity index (χ3v) is 4.14. The molecule has 25 heavy (non-hydrogen) atoms. The van der Waals surface area contributed by atoms with Crippen LogP contribution < -0.4 is 4.74 Å². The first-order valence-corrected chi connectivity index (χ1v) is 8.19. The zero-order valence-corrected chi connectivity index (χ0v) is 13.7. The number of aliphatic hydroxyl groups excluding tert-OH is 1. The van der Waals surface area contributed by atoms with Crippen LogP contribution in [0.15, 0.2) is 48.5 Å². The molecule has 0 spiro atoms. The molecule has 2 aromatic carbocycles. The summed E-state index contributed by atoms with van der Waals surface area (Å²) in [5.74, 6) is 6.19. The van der Waals surface area contributed by atoms with Crippen LogP contribution in [-0.2, 0) is 0 Å². The van der Waals surface area contributed by atoms with E-state index >= 15 is 0 Å². The van der Waals surface area contributed by atoms with Crippen LogP contribution in [0.3, 0.4) is 0 Å². The fourth-order valence-corrected chi connectivity index (χ4v) is 2.77. The minimum absolute atomic E-state index is 0.0805. The second-order valence-electron chi connectivity index (χ2n) is 6.00. The highest BCUT2D eigenvalue weighted by atomic mass is 16.5. The molecule has 1 saturated heterocycles. The number of aliphatic hydroxyl groups is 1. The van der Waals surface area contributed by atoms with Crippen LogP contribution >= 0.6 is 0 Å². The molecule has 1 heterocycles. The Morgan fingerprint density at radius 3 is 2.40 bits per heavy atom. The predicted octanol–water partition coefficient (Wildman–Crippen LogP) is 2.69. The number of likely N-dealkylation sites (tertiary alicyclic amines) is 1. The van der Waals surface area contributed by atoms with E-state index < -0.39 is 13.1 Å². The predicted molar refractivity (Wildman–Crippen MR) is 96.6 cm³/mol. The average Bonchev–Trinajstić information content (AvgIpc) is 2.66. The van der Waals surface area contributed by atoms with Crippen molar-refractivity contribution in [3.05, 3.63) is 65.2 Å². The molecule has 3 rings (SSSR count). The molecule has 4 heteroatoms. The summed E-state index contributed by atoms with van der Waals surface area (Å²) in [5.41, 5.74) is 2.06. The maximum absolute atomic E-state index is 12.5. The van der Waals surface area contributed by atoms with Crippen molar-refractivity contribution in [3.63, 3.8) is 0 Å². The number of piperidine rings is 1. The fourth-order valence-electron chi connectivity index (χ4n) is 2.77. The summed E-state index contributed by atoms with van der Waals surface area (Å²) >= 11 is 0. The molecule has 0 radical (unpaired) electrons. The van der Waals surface area contributed by atoms with Gasteiger partial charge in [0.05, 0.1) is 17.3 Å². The Bertz CT molecular complexity index is 880. The molecule has 4 nitrogen and oxygen atoms in total. The number of β-amino-alcohol motifs (C(OH)–C–C–N with tert-alkyl or cyclic N) is 1. The van der Waals surface area contributed by atoms with Gasteiger partial charge in [0.2, 0.25) is 0 Å². The Labute approximate surface area is 152 Å². The summed E-state index contributed by atoms with van der Waals surface area (Å²) in [7, 11) is -2.47. The normalized spacial score (nSPS) is 19.0. The van der Waals surface area contributed by atoms with Crippen LogP contribution in [0.2, 0.25) is 0 Å². The topological polar surface area (TPSA) is 49.8 Å². The van der Waals surface area contributed by atoms with Crippen molar-refractivity contribution < 1.29 is 18.8 Å². The van der Waals surface area contributed by atoms with Gasteiger partial charge in [-0.25, -0.2) is 0 Å². The Balaban J connectivity index is 1.64. The summed E-state index contributed by atoms with van der Waals surface area (Å²) < 4.78 is 26.1. The summed E-state index contributed by atoms with van der Waals surface area (Å²) in [6.07, 6.45) is 1.10. The lowest BCUT2D eigenvalue weighted by Crippen LogP contribution is -2.42. The van der Waals surface area contributed by atoms with Crippen molar-refractivity contribution in [3.8, 4) is 17.6 Å². The monoisotopic (exact) mass is 338 g/mol. The Hall–Kier alpha value is -2.77. The second-order valence-corrected chi connectivity index (χ2v) is 6.00. The van der Waals surface area contributed by atoms with E-state index in [-0.39, 0.29) is 11.7 Å². The minimum Gasteiger partial charge on any atom is -0.497 e. The largest absolute Gasteiger partial charge is 0.497 e. The molecule has 1 N–H and O–H groups in total. The van der Waals surface area contributed by atoms with E-state index in [1.807, 2.05) is 0 Å². The molecule has 1 aliphatic heterocycles. The first-order valence-electron chi connectivity index (χ1n) is 9.69. The van der Waals surface area contributed by atoms with Crippen LogP contribution in [0.5, 0.6) is 5.75 Å². The van der Waals surface area contributed by atoms with Gasteiger partial charge >= 0.3 is 0 Å². The van der Waals surface area contributed by atoms with E-state index in [9.17, 15) is 9.90 Å². The standard InChI is InChI=1S/C21H21NO3/c1-25-20-12-8-17(9-13-20)5-4-16-6-10-18(11-7-16)21(24)22-14-2-3-19(23)15-22/h6-13,19,23H,2-3,14-15H2,1H3/t19-/m1/s1/i1D3. The second kappa shape index (κ2) is 7.87. The molecule has 1 atom stereocenters. The van der Waals surface area contributed by atoms with Crippen molar-refractivity contribution in [1.82, 2.24) is 4.90 Å². The fraction of sp³-hybridized carbons (Fsp3) is 0.286. The van der Waals surface area contributed by atoms with E-state index in [1.54, 1.807) is 53.4 Å². The number of nitrogens with zero attached hydrogens (tertiary/aromatic N) is 1. The molecular weight excluding hydrogens is 314 g/mol. The number of rotatable bonds is 2. The number of ether oxygens (including phenoxy) is 1. The molecular formula is C21H21NO3. The number of hydrogen-bond donors (Lipinski definition) is 1. The maximum atomic E-state index is 12.5. The highest BCUT2D eigenvalue weighted by molar-refractivity contribution is 5.94. The maximum Gasteiger partial charge on any atom is 0.253 e. The number of carbonyl (C=O) groups is 1. The molecule has 0 unspecified atom stereocenters.